The molecule has 0 saturated carbocycles. The highest BCUT2D eigenvalue weighted by Crippen LogP contribution is 2.29. The van der Waals surface area contributed by atoms with Crippen molar-refractivity contribution in [2.24, 2.45) is 0 Å². The minimum atomic E-state index is -4.32. The van der Waals surface area contributed by atoms with Crippen LogP contribution in [0.15, 0.2) is 35.2 Å². The Morgan fingerprint density at radius 3 is 2.35 bits per heavy atom. The molecule has 0 fully saturated rings. The van der Waals surface area contributed by atoms with Crippen molar-refractivity contribution in [3.63, 3.8) is 0 Å². The monoisotopic (exact) mass is 257 g/mol. The van der Waals surface area contributed by atoms with Gasteiger partial charge in [0.2, 0.25) is 0 Å². The topological polar surface area (TPSA) is 132 Å². The zero-order chi connectivity index (χ0) is 11.9. The zero-order valence-corrected chi connectivity index (χ0v) is 9.40. The van der Waals surface area contributed by atoms with Crippen molar-refractivity contribution in [1.29, 1.82) is 0 Å². The molecule has 0 amide bonds. The number of benzene rings is 2. The fourth-order valence-electron chi connectivity index (χ4n) is 1.48. The van der Waals surface area contributed by atoms with Crippen LogP contribution in [-0.2, 0) is 10.1 Å². The molecular weight excluding hydrogens is 246 g/mol. The lowest BCUT2D eigenvalue weighted by Crippen LogP contribution is -1.97. The molecule has 0 aliphatic heterocycles. The Labute approximate surface area is 97.4 Å². The SMILES string of the molecule is Nc1ccc2cc(S(=O)(=O)O)cc(O)c2c1.O. The van der Waals surface area contributed by atoms with Crippen molar-refractivity contribution < 1.29 is 23.6 Å². The Morgan fingerprint density at radius 2 is 1.76 bits per heavy atom. The molecule has 0 bridgehead atoms. The standard InChI is InChI=1S/C10H9NO4S.H2O/c11-7-2-1-6-3-8(16(13,14)15)5-10(12)9(6)4-7;/h1-5,12H,11H2,(H,13,14,15);1H2. The third kappa shape index (κ3) is 2.47. The third-order valence-electron chi connectivity index (χ3n) is 2.23. The van der Waals surface area contributed by atoms with E-state index in [0.29, 0.717) is 16.5 Å². The maximum atomic E-state index is 10.9. The summed E-state index contributed by atoms with van der Waals surface area (Å²) in [6.45, 7) is 0. The first kappa shape index (κ1) is 13.2. The molecule has 0 radical (unpaired) electrons. The highest BCUT2D eigenvalue weighted by atomic mass is 32.2. The minimum absolute atomic E-state index is 0. The van der Waals surface area contributed by atoms with Gasteiger partial charge in [-0.2, -0.15) is 8.42 Å². The van der Waals surface area contributed by atoms with Crippen LogP contribution in [-0.4, -0.2) is 23.6 Å². The lowest BCUT2D eigenvalue weighted by molar-refractivity contribution is 0.471. The largest absolute Gasteiger partial charge is 0.507 e. The lowest BCUT2D eigenvalue weighted by atomic mass is 10.1. The number of fused-ring (bicyclic) bond motifs is 1. The van der Waals surface area contributed by atoms with Crippen molar-refractivity contribution in [2.45, 2.75) is 4.90 Å². The van der Waals surface area contributed by atoms with Gasteiger partial charge in [0.25, 0.3) is 10.1 Å². The fraction of sp³-hybridized carbons (Fsp3) is 0. The van der Waals surface area contributed by atoms with Gasteiger partial charge in [-0.15, -0.1) is 0 Å². The number of aromatic hydroxyl groups is 1. The number of phenolic OH excluding ortho intramolecular Hbond substituents is 1. The summed E-state index contributed by atoms with van der Waals surface area (Å²) < 4.78 is 30.7. The molecule has 0 unspecified atom stereocenters. The number of hydrogen-bond donors (Lipinski definition) is 3. The van der Waals surface area contributed by atoms with Crippen molar-refractivity contribution in [1.82, 2.24) is 0 Å². The van der Waals surface area contributed by atoms with Crippen LogP contribution >= 0.6 is 0 Å². The van der Waals surface area contributed by atoms with Crippen LogP contribution in [0.1, 0.15) is 0 Å². The average Bonchev–Trinajstić information content (AvgIpc) is 2.17. The predicted octanol–water partition coefficient (Wildman–Crippen LogP) is 0.550. The van der Waals surface area contributed by atoms with Crippen LogP contribution in [0.4, 0.5) is 5.69 Å². The van der Waals surface area contributed by atoms with E-state index >= 15 is 0 Å². The number of anilines is 1. The van der Waals surface area contributed by atoms with Crippen LogP contribution < -0.4 is 5.73 Å². The number of nitrogens with two attached hydrogens (primary N) is 1. The summed E-state index contributed by atoms with van der Waals surface area (Å²) in [5.41, 5.74) is 6.00. The van der Waals surface area contributed by atoms with Gasteiger partial charge in [0.15, 0.2) is 0 Å². The summed E-state index contributed by atoms with van der Waals surface area (Å²) in [5, 5.41) is 10.5. The first-order chi connectivity index (χ1) is 7.38. The van der Waals surface area contributed by atoms with Crippen LogP contribution in [0.5, 0.6) is 5.75 Å². The molecule has 0 spiro atoms. The molecule has 2 aromatic rings. The molecule has 17 heavy (non-hydrogen) atoms. The van der Waals surface area contributed by atoms with Gasteiger partial charge in [-0.1, -0.05) is 6.07 Å². The van der Waals surface area contributed by atoms with E-state index < -0.39 is 10.1 Å². The van der Waals surface area contributed by atoms with E-state index in [2.05, 4.69) is 0 Å². The molecule has 0 heterocycles. The van der Waals surface area contributed by atoms with Crippen LogP contribution in [0, 0.1) is 0 Å². The molecule has 0 saturated heterocycles. The van der Waals surface area contributed by atoms with Crippen LogP contribution in [0.25, 0.3) is 10.8 Å². The number of nitrogen functional groups attached to an aromatic ring is 1. The number of hydrogen-bond acceptors (Lipinski definition) is 4. The van der Waals surface area contributed by atoms with Crippen molar-refractivity contribution in [3.8, 4) is 5.75 Å². The van der Waals surface area contributed by atoms with E-state index in [1.54, 1.807) is 12.1 Å². The van der Waals surface area contributed by atoms with Gasteiger partial charge in [0.05, 0.1) is 4.90 Å². The Kier molecular flexibility index (Phi) is 3.28. The van der Waals surface area contributed by atoms with E-state index in [0.717, 1.165) is 6.07 Å². The van der Waals surface area contributed by atoms with E-state index in [-0.39, 0.29) is 16.1 Å². The highest BCUT2D eigenvalue weighted by molar-refractivity contribution is 7.85. The first-order valence-corrected chi connectivity index (χ1v) is 5.82. The molecule has 0 aromatic heterocycles. The molecular formula is C10H11NO5S. The second kappa shape index (κ2) is 4.21. The van der Waals surface area contributed by atoms with E-state index in [1.807, 2.05) is 0 Å². The minimum Gasteiger partial charge on any atom is -0.507 e. The van der Waals surface area contributed by atoms with Gasteiger partial charge >= 0.3 is 0 Å². The van der Waals surface area contributed by atoms with Crippen molar-refractivity contribution >= 4 is 26.6 Å². The van der Waals surface area contributed by atoms with Gasteiger partial charge in [0, 0.05) is 17.1 Å². The Balaban J connectivity index is 0.00000144. The average molecular weight is 257 g/mol. The Hall–Kier alpha value is -1.83. The van der Waals surface area contributed by atoms with E-state index in [9.17, 15) is 13.5 Å². The molecule has 0 aliphatic carbocycles. The van der Waals surface area contributed by atoms with E-state index in [1.165, 1.54) is 12.1 Å². The predicted molar refractivity (Wildman–Crippen MR) is 63.5 cm³/mol. The van der Waals surface area contributed by atoms with Gasteiger partial charge in [-0.25, -0.2) is 0 Å². The molecule has 6 N–H and O–H groups in total. The summed E-state index contributed by atoms with van der Waals surface area (Å²) in [6.07, 6.45) is 0. The molecule has 92 valence electrons. The van der Waals surface area contributed by atoms with Crippen molar-refractivity contribution in [2.75, 3.05) is 5.73 Å². The third-order valence-corrected chi connectivity index (χ3v) is 3.06. The normalized spacial score (nSPS) is 11.1. The summed E-state index contributed by atoms with van der Waals surface area (Å²) in [5.74, 6) is -0.238. The van der Waals surface area contributed by atoms with Gasteiger partial charge < -0.3 is 16.3 Å². The summed E-state index contributed by atoms with van der Waals surface area (Å²) in [7, 11) is -4.32. The second-order valence-electron chi connectivity index (χ2n) is 3.40. The van der Waals surface area contributed by atoms with Gasteiger partial charge in [0.1, 0.15) is 5.75 Å². The fourth-order valence-corrected chi connectivity index (χ4v) is 2.01. The molecule has 0 aliphatic rings. The van der Waals surface area contributed by atoms with Crippen molar-refractivity contribution in [3.05, 3.63) is 30.3 Å². The maximum absolute atomic E-state index is 10.9. The number of rotatable bonds is 1. The molecule has 2 aromatic carbocycles. The molecule has 7 heteroatoms. The van der Waals surface area contributed by atoms with E-state index in [4.69, 9.17) is 10.3 Å². The zero-order valence-electron chi connectivity index (χ0n) is 8.58. The second-order valence-corrected chi connectivity index (χ2v) is 4.82. The molecule has 2 rings (SSSR count). The summed E-state index contributed by atoms with van der Waals surface area (Å²) in [6, 6.07) is 6.92. The lowest BCUT2D eigenvalue weighted by Gasteiger charge is -2.04. The van der Waals surface area contributed by atoms with Gasteiger partial charge in [-0.05, 0) is 23.6 Å². The smallest absolute Gasteiger partial charge is 0.294 e. The Bertz CT molecular complexity index is 666. The summed E-state index contributed by atoms with van der Waals surface area (Å²) in [4.78, 5) is -0.345. The first-order valence-electron chi connectivity index (χ1n) is 4.38. The number of phenols is 1. The molecule has 6 nitrogen and oxygen atoms in total. The maximum Gasteiger partial charge on any atom is 0.294 e. The van der Waals surface area contributed by atoms with Gasteiger partial charge in [-0.3, -0.25) is 4.55 Å². The summed E-state index contributed by atoms with van der Waals surface area (Å²) >= 11 is 0. The van der Waals surface area contributed by atoms with Crippen LogP contribution in [0.2, 0.25) is 0 Å². The highest BCUT2D eigenvalue weighted by Gasteiger charge is 2.13. The molecule has 0 atom stereocenters. The van der Waals surface area contributed by atoms with Crippen LogP contribution in [0.3, 0.4) is 0 Å². The quantitative estimate of drug-likeness (QED) is 0.507. The Morgan fingerprint density at radius 1 is 1.12 bits per heavy atom.